The van der Waals surface area contributed by atoms with Crippen LogP contribution in [0.2, 0.25) is 0 Å². The molecule has 69 heavy (non-hydrogen) atoms. The second kappa shape index (κ2) is 24.3. The van der Waals surface area contributed by atoms with Crippen LogP contribution in [0.4, 0.5) is 5.69 Å². The van der Waals surface area contributed by atoms with Crippen molar-refractivity contribution in [1.29, 1.82) is 0 Å². The van der Waals surface area contributed by atoms with Crippen molar-refractivity contribution in [2.75, 3.05) is 19.0 Å². The minimum Gasteiger partial charge on any atom is -0.378 e. The van der Waals surface area contributed by atoms with Gasteiger partial charge < -0.3 is 17.7 Å². The number of benzene rings is 11. The molecular formula is C64H49Au2NP2+2. The Morgan fingerprint density at radius 1 is 0.319 bits per heavy atom. The van der Waals surface area contributed by atoms with Crippen molar-refractivity contribution in [2.24, 2.45) is 0 Å². The van der Waals surface area contributed by atoms with Crippen molar-refractivity contribution in [3.8, 4) is 11.8 Å². The van der Waals surface area contributed by atoms with Gasteiger partial charge >= 0.3 is 44.8 Å². The Morgan fingerprint density at radius 3 is 1.00 bits per heavy atom. The van der Waals surface area contributed by atoms with Gasteiger partial charge in [-0.1, -0.05) is 158 Å². The third kappa shape index (κ3) is 11.8. The molecule has 0 saturated carbocycles. The SMILES string of the molecule is CN(C)c1ccc([PH+](c2ccccc2)c2ccccc2)c([PH+](c2ccccc2)c2ccccc2)c1.[Au+].[Au+].[C-]#Cc1ccc2ccc3ccccc3c2c1.[C-]#Cc1ccc2ccc3ccccc3c2c1. The average Bonchev–Trinajstić information content (AvgIpc) is 3.40. The second-order valence-electron chi connectivity index (χ2n) is 16.5. The van der Waals surface area contributed by atoms with Crippen molar-refractivity contribution >= 4 is 96.4 Å². The van der Waals surface area contributed by atoms with E-state index in [9.17, 15) is 0 Å². The van der Waals surface area contributed by atoms with Gasteiger partial charge in [0.1, 0.15) is 47.7 Å². The van der Waals surface area contributed by atoms with Crippen molar-refractivity contribution in [3.63, 3.8) is 0 Å². The molecule has 0 N–H and O–H groups in total. The Balaban J connectivity index is 0.000000171. The summed E-state index contributed by atoms with van der Waals surface area (Å²) in [4.78, 5) is 2.22. The summed E-state index contributed by atoms with van der Waals surface area (Å²) in [5.41, 5.74) is 2.90. The van der Waals surface area contributed by atoms with Crippen LogP contribution in [0.3, 0.4) is 0 Å². The fourth-order valence-corrected chi connectivity index (χ4v) is 14.8. The van der Waals surface area contributed by atoms with E-state index >= 15 is 0 Å². The molecule has 0 bridgehead atoms. The molecule has 0 aliphatic carbocycles. The fourth-order valence-electron chi connectivity index (χ4n) is 8.77. The van der Waals surface area contributed by atoms with E-state index in [2.05, 4.69) is 219 Å². The van der Waals surface area contributed by atoms with Gasteiger partial charge in [0.15, 0.2) is 0 Å². The standard InChI is InChI=1S/C32H29NP2.2C16H9.2Au/c1-33(2)26-23-24-31(34(27-15-7-3-8-16-27)28-17-9-4-10-18-28)32(25-26)35(29-19-11-5-12-20-29)30-21-13-6-14-22-30;2*1-2-12-7-8-14-10-9-13-5-3-4-6-15(13)16(14)11-12;;/h3-25H,1-2H3;2*3-11H;;/q;2*-1;2*+1/p+2. The summed E-state index contributed by atoms with van der Waals surface area (Å²) < 4.78 is 0. The van der Waals surface area contributed by atoms with E-state index in [1.54, 1.807) is 0 Å². The summed E-state index contributed by atoms with van der Waals surface area (Å²) in [5, 5.41) is 18.4. The number of anilines is 1. The molecule has 0 fully saturated rings. The van der Waals surface area contributed by atoms with Gasteiger partial charge in [-0.2, -0.15) is 0 Å². The zero-order valence-electron chi connectivity index (χ0n) is 38.2. The number of fused-ring (bicyclic) bond motifs is 6. The van der Waals surface area contributed by atoms with Gasteiger partial charge in [0, 0.05) is 25.8 Å². The molecule has 0 amide bonds. The number of hydrogen-bond donors (Lipinski definition) is 0. The van der Waals surface area contributed by atoms with Gasteiger partial charge in [0.25, 0.3) is 0 Å². The minimum absolute atomic E-state index is 0. The molecule has 0 unspecified atom stereocenters. The molecule has 11 aromatic rings. The van der Waals surface area contributed by atoms with Crippen LogP contribution in [-0.2, 0) is 44.8 Å². The summed E-state index contributed by atoms with van der Waals surface area (Å²) >= 11 is 0. The Hall–Kier alpha value is -6.28. The van der Waals surface area contributed by atoms with E-state index in [0.29, 0.717) is 0 Å². The van der Waals surface area contributed by atoms with Crippen LogP contribution in [0.25, 0.3) is 43.1 Å². The van der Waals surface area contributed by atoms with Gasteiger partial charge in [-0.25, -0.2) is 0 Å². The zero-order chi connectivity index (χ0) is 46.0. The van der Waals surface area contributed by atoms with E-state index in [4.69, 9.17) is 12.8 Å². The quantitative estimate of drug-likeness (QED) is 0.0505. The van der Waals surface area contributed by atoms with E-state index in [1.165, 1.54) is 80.6 Å². The molecule has 0 aliphatic heterocycles. The topological polar surface area (TPSA) is 3.24 Å². The number of hydrogen-bond acceptors (Lipinski definition) is 1. The van der Waals surface area contributed by atoms with Crippen LogP contribution < -0.4 is 36.7 Å². The number of rotatable bonds is 7. The third-order valence-corrected chi connectivity index (χ3v) is 17.9. The van der Waals surface area contributed by atoms with Crippen molar-refractivity contribution in [1.82, 2.24) is 0 Å². The van der Waals surface area contributed by atoms with Crippen molar-refractivity contribution in [3.05, 3.63) is 273 Å². The molecule has 5 heteroatoms. The van der Waals surface area contributed by atoms with Gasteiger partial charge in [0.2, 0.25) is 0 Å². The maximum Gasteiger partial charge on any atom is 1.00 e. The van der Waals surface area contributed by atoms with Gasteiger partial charge in [-0.3, -0.25) is 11.8 Å². The van der Waals surface area contributed by atoms with Gasteiger partial charge in [0.05, 0.1) is 0 Å². The van der Waals surface area contributed by atoms with Crippen LogP contribution >= 0.6 is 15.8 Å². The third-order valence-electron chi connectivity index (χ3n) is 12.1. The first-order valence-corrected chi connectivity index (χ1v) is 25.5. The van der Waals surface area contributed by atoms with Gasteiger partial charge in [-0.15, -0.1) is 35.4 Å². The summed E-state index contributed by atoms with van der Waals surface area (Å²) in [5.74, 6) is 4.87. The molecule has 0 atom stereocenters. The van der Waals surface area contributed by atoms with Crippen LogP contribution in [0.1, 0.15) is 11.1 Å². The molecule has 0 aromatic heterocycles. The number of nitrogens with zero attached hydrogens (tertiary/aromatic N) is 1. The summed E-state index contributed by atoms with van der Waals surface area (Å²) in [6, 6.07) is 88.6. The Morgan fingerprint density at radius 2 is 0.638 bits per heavy atom. The molecule has 340 valence electrons. The van der Waals surface area contributed by atoms with E-state index in [-0.39, 0.29) is 44.8 Å². The maximum absolute atomic E-state index is 7.18. The largest absolute Gasteiger partial charge is 1.00 e. The molecule has 11 aromatic carbocycles. The van der Waals surface area contributed by atoms with E-state index in [0.717, 1.165) is 11.1 Å². The molecule has 0 heterocycles. The van der Waals surface area contributed by atoms with Crippen LogP contribution in [0.5, 0.6) is 0 Å². The predicted molar refractivity (Wildman–Crippen MR) is 296 cm³/mol. The second-order valence-corrected chi connectivity index (χ2v) is 21.4. The van der Waals surface area contributed by atoms with Crippen LogP contribution in [0, 0.1) is 24.7 Å². The van der Waals surface area contributed by atoms with Crippen LogP contribution in [-0.4, -0.2) is 14.1 Å². The van der Waals surface area contributed by atoms with Crippen molar-refractivity contribution in [2.45, 2.75) is 0 Å². The Kier molecular flexibility index (Phi) is 17.8. The molecule has 0 saturated heterocycles. The summed E-state index contributed by atoms with van der Waals surface area (Å²) in [6.45, 7) is 0. The first kappa shape index (κ1) is 50.6. The normalized spacial score (nSPS) is 10.5. The summed E-state index contributed by atoms with van der Waals surface area (Å²) in [7, 11) is 1.85. The molecule has 0 radical (unpaired) electrons. The average molecular weight is 1290 g/mol. The molecule has 0 aliphatic rings. The van der Waals surface area contributed by atoms with E-state index < -0.39 is 15.8 Å². The Labute approximate surface area is 441 Å². The molecular weight excluding hydrogens is 1240 g/mol. The molecule has 1 nitrogen and oxygen atoms in total. The first-order valence-electron chi connectivity index (χ1n) is 22.5. The first-order chi connectivity index (χ1) is 33.0. The van der Waals surface area contributed by atoms with E-state index in [1.807, 2.05) is 60.7 Å². The fraction of sp³-hybridized carbons (Fsp3) is 0.0312. The summed E-state index contributed by atoms with van der Waals surface area (Å²) in [6.07, 6.45) is 14.4. The predicted octanol–water partition coefficient (Wildman–Crippen LogP) is 12.6. The smallest absolute Gasteiger partial charge is 0.378 e. The van der Waals surface area contributed by atoms with Gasteiger partial charge in [-0.05, 0) is 104 Å². The molecule has 11 rings (SSSR count). The minimum atomic E-state index is -1.22. The van der Waals surface area contributed by atoms with Crippen LogP contribution in [0.15, 0.2) is 249 Å². The Bertz CT molecular complexity index is 3320. The van der Waals surface area contributed by atoms with Crippen molar-refractivity contribution < 1.29 is 44.8 Å². The monoisotopic (exact) mass is 1290 g/mol. The molecule has 0 spiro atoms. The zero-order valence-corrected chi connectivity index (χ0v) is 44.6. The maximum atomic E-state index is 7.18.